The van der Waals surface area contributed by atoms with Crippen LogP contribution in [0.5, 0.6) is 0 Å². The second kappa shape index (κ2) is 8.32. The summed E-state index contributed by atoms with van der Waals surface area (Å²) in [5.41, 5.74) is 0.378. The van der Waals surface area contributed by atoms with Gasteiger partial charge in [0, 0.05) is 18.2 Å². The number of carbonyl (C=O) groups excluding carboxylic acids is 2. The molecule has 9 nitrogen and oxygen atoms in total. The highest BCUT2D eigenvalue weighted by atomic mass is 16.5. The Morgan fingerprint density at radius 2 is 1.69 bits per heavy atom. The van der Waals surface area contributed by atoms with Crippen LogP contribution < -0.4 is 5.32 Å². The molecule has 0 unspecified atom stereocenters. The number of amides is 2. The Bertz CT molecular complexity index is 743. The summed E-state index contributed by atoms with van der Waals surface area (Å²) in [6.07, 6.45) is -0.537. The zero-order valence-electron chi connectivity index (χ0n) is 15.3. The van der Waals surface area contributed by atoms with E-state index in [1.54, 1.807) is 7.05 Å². The van der Waals surface area contributed by atoms with Crippen molar-refractivity contribution in [1.29, 1.82) is 0 Å². The monoisotopic (exact) mass is 358 g/mol. The number of hydrogen-bond donors (Lipinski definition) is 1. The second-order valence-corrected chi connectivity index (χ2v) is 6.65. The van der Waals surface area contributed by atoms with Crippen LogP contribution in [0.1, 0.15) is 31.4 Å². The van der Waals surface area contributed by atoms with Crippen molar-refractivity contribution in [2.45, 2.75) is 26.3 Å². The predicted molar refractivity (Wildman–Crippen MR) is 94.3 cm³/mol. The molecule has 1 aromatic carbocycles. The van der Waals surface area contributed by atoms with Crippen LogP contribution in [0.3, 0.4) is 0 Å². The van der Waals surface area contributed by atoms with Crippen molar-refractivity contribution in [3.05, 3.63) is 36.2 Å². The summed E-state index contributed by atoms with van der Waals surface area (Å²) < 4.78 is 5.04. The number of alkyl carbamates (subject to hydrolysis) is 1. The van der Waals surface area contributed by atoms with Gasteiger partial charge in [-0.25, -0.2) is 4.79 Å². The largest absolute Gasteiger partial charge is 0.448 e. The molecule has 0 fully saturated rings. The Kier molecular flexibility index (Phi) is 6.16. The van der Waals surface area contributed by atoms with Crippen molar-refractivity contribution in [3.63, 3.8) is 0 Å². The normalized spacial score (nSPS) is 10.9. The molecule has 0 bridgehead atoms. The van der Waals surface area contributed by atoms with Crippen molar-refractivity contribution in [1.82, 2.24) is 30.6 Å². The van der Waals surface area contributed by atoms with Crippen LogP contribution in [-0.4, -0.2) is 63.0 Å². The SMILES string of the molecule is CN(CCOC(=O)NC(C)(C)C)C(=O)c1nnc(-c2ccccc2)nn1. The molecule has 0 aliphatic rings. The first kappa shape index (κ1) is 19.2. The van der Waals surface area contributed by atoms with Crippen LogP contribution in [0.25, 0.3) is 11.4 Å². The summed E-state index contributed by atoms with van der Waals surface area (Å²) in [6.45, 7) is 5.79. The fourth-order valence-corrected chi connectivity index (χ4v) is 1.91. The van der Waals surface area contributed by atoms with Gasteiger partial charge in [-0.15, -0.1) is 20.4 Å². The maximum Gasteiger partial charge on any atom is 0.407 e. The van der Waals surface area contributed by atoms with Gasteiger partial charge in [-0.2, -0.15) is 0 Å². The number of likely N-dealkylation sites (N-methyl/N-ethyl adjacent to an activating group) is 1. The molecular weight excluding hydrogens is 336 g/mol. The second-order valence-electron chi connectivity index (χ2n) is 6.65. The van der Waals surface area contributed by atoms with Crippen LogP contribution in [0.4, 0.5) is 4.79 Å². The number of nitrogens with one attached hydrogen (secondary N) is 1. The number of hydrogen-bond acceptors (Lipinski definition) is 7. The summed E-state index contributed by atoms with van der Waals surface area (Å²) in [4.78, 5) is 25.2. The lowest BCUT2D eigenvalue weighted by molar-refractivity contribution is 0.0725. The molecule has 2 rings (SSSR count). The lowest BCUT2D eigenvalue weighted by atomic mass is 10.1. The quantitative estimate of drug-likeness (QED) is 0.863. The summed E-state index contributed by atoms with van der Waals surface area (Å²) in [5, 5.41) is 18.2. The number of carbonyl (C=O) groups is 2. The number of ether oxygens (including phenoxy) is 1. The average Bonchev–Trinajstić information content (AvgIpc) is 2.60. The first-order valence-electron chi connectivity index (χ1n) is 8.09. The van der Waals surface area contributed by atoms with E-state index in [4.69, 9.17) is 4.74 Å². The fraction of sp³-hybridized carbons (Fsp3) is 0.412. The zero-order chi connectivity index (χ0) is 19.2. The van der Waals surface area contributed by atoms with Gasteiger partial charge >= 0.3 is 6.09 Å². The minimum atomic E-state index is -0.537. The molecule has 1 N–H and O–H groups in total. The van der Waals surface area contributed by atoms with E-state index in [1.807, 2.05) is 51.1 Å². The number of benzene rings is 1. The number of nitrogens with zero attached hydrogens (tertiary/aromatic N) is 5. The Hall–Kier alpha value is -3.10. The fourth-order valence-electron chi connectivity index (χ4n) is 1.91. The molecule has 0 spiro atoms. The standard InChI is InChI=1S/C17H22N6O3/c1-17(2,3)18-16(25)26-11-10-23(4)15(24)14-21-19-13(20-22-14)12-8-6-5-7-9-12/h5-9H,10-11H2,1-4H3,(H,18,25). The predicted octanol–water partition coefficient (Wildman–Crippen LogP) is 1.53. The van der Waals surface area contributed by atoms with E-state index in [2.05, 4.69) is 25.7 Å². The van der Waals surface area contributed by atoms with Gasteiger partial charge in [0.1, 0.15) is 6.61 Å². The maximum absolute atomic E-state index is 12.3. The van der Waals surface area contributed by atoms with Crippen molar-refractivity contribution in [2.24, 2.45) is 0 Å². The van der Waals surface area contributed by atoms with Crippen LogP contribution in [0, 0.1) is 0 Å². The molecule has 2 amide bonds. The zero-order valence-corrected chi connectivity index (χ0v) is 15.3. The molecule has 1 aromatic heterocycles. The molecule has 26 heavy (non-hydrogen) atoms. The van der Waals surface area contributed by atoms with E-state index in [9.17, 15) is 9.59 Å². The highest BCUT2D eigenvalue weighted by molar-refractivity contribution is 5.90. The first-order chi connectivity index (χ1) is 12.3. The molecule has 0 aliphatic carbocycles. The molecule has 0 atom stereocenters. The number of rotatable bonds is 5. The Labute approximate surface area is 151 Å². The van der Waals surface area contributed by atoms with Crippen molar-refractivity contribution >= 4 is 12.0 Å². The van der Waals surface area contributed by atoms with E-state index in [0.717, 1.165) is 5.56 Å². The van der Waals surface area contributed by atoms with Crippen molar-refractivity contribution in [2.75, 3.05) is 20.2 Å². The van der Waals surface area contributed by atoms with Crippen molar-refractivity contribution in [3.8, 4) is 11.4 Å². The lowest BCUT2D eigenvalue weighted by Crippen LogP contribution is -2.42. The van der Waals surface area contributed by atoms with Gasteiger partial charge in [-0.1, -0.05) is 30.3 Å². The number of aromatic nitrogens is 4. The highest BCUT2D eigenvalue weighted by Gasteiger charge is 2.18. The third kappa shape index (κ3) is 5.76. The summed E-state index contributed by atoms with van der Waals surface area (Å²) in [7, 11) is 1.56. The van der Waals surface area contributed by atoms with Gasteiger partial charge in [0.15, 0.2) is 0 Å². The Morgan fingerprint density at radius 3 is 2.27 bits per heavy atom. The third-order valence-electron chi connectivity index (χ3n) is 3.19. The maximum atomic E-state index is 12.3. The minimum Gasteiger partial charge on any atom is -0.448 e. The van der Waals surface area contributed by atoms with Gasteiger partial charge in [0.25, 0.3) is 11.7 Å². The Balaban J connectivity index is 1.87. The van der Waals surface area contributed by atoms with Gasteiger partial charge in [-0.3, -0.25) is 4.79 Å². The summed E-state index contributed by atoms with van der Waals surface area (Å²) >= 11 is 0. The smallest absolute Gasteiger partial charge is 0.407 e. The van der Waals surface area contributed by atoms with Gasteiger partial charge in [0.05, 0.1) is 6.54 Å². The topological polar surface area (TPSA) is 110 Å². The van der Waals surface area contributed by atoms with E-state index in [0.29, 0.717) is 5.82 Å². The molecule has 1 heterocycles. The molecule has 0 saturated heterocycles. The summed E-state index contributed by atoms with van der Waals surface area (Å²) in [5.74, 6) is -0.234. The first-order valence-corrected chi connectivity index (χ1v) is 8.09. The molecule has 9 heteroatoms. The average molecular weight is 358 g/mol. The Morgan fingerprint density at radius 1 is 1.08 bits per heavy atom. The van der Waals surface area contributed by atoms with Crippen molar-refractivity contribution < 1.29 is 14.3 Å². The third-order valence-corrected chi connectivity index (χ3v) is 3.19. The lowest BCUT2D eigenvalue weighted by Gasteiger charge is -2.21. The van der Waals surface area contributed by atoms with E-state index >= 15 is 0 Å². The molecular formula is C17H22N6O3. The molecule has 138 valence electrons. The van der Waals surface area contributed by atoms with Gasteiger partial charge < -0.3 is 15.0 Å². The van der Waals surface area contributed by atoms with Crippen LogP contribution in [0.2, 0.25) is 0 Å². The van der Waals surface area contributed by atoms with Crippen LogP contribution in [-0.2, 0) is 4.74 Å². The summed E-state index contributed by atoms with van der Waals surface area (Å²) in [6, 6.07) is 9.22. The minimum absolute atomic E-state index is 0.0487. The molecule has 2 aromatic rings. The van der Waals surface area contributed by atoms with Crippen LogP contribution in [0.15, 0.2) is 30.3 Å². The molecule has 0 saturated carbocycles. The van der Waals surface area contributed by atoms with E-state index < -0.39 is 12.0 Å². The molecule has 0 radical (unpaired) electrons. The highest BCUT2D eigenvalue weighted by Crippen LogP contribution is 2.11. The molecule has 0 aliphatic heterocycles. The van der Waals surface area contributed by atoms with Gasteiger partial charge in [-0.05, 0) is 20.8 Å². The van der Waals surface area contributed by atoms with Gasteiger partial charge in [0.2, 0.25) is 5.82 Å². The van der Waals surface area contributed by atoms with Crippen LogP contribution >= 0.6 is 0 Å². The van der Waals surface area contributed by atoms with E-state index in [1.165, 1.54) is 4.90 Å². The van der Waals surface area contributed by atoms with E-state index in [-0.39, 0.29) is 24.5 Å².